The average Bonchev–Trinajstić information content (AvgIpc) is 2.53. The third-order valence-corrected chi connectivity index (χ3v) is 4.46. The second-order valence-corrected chi connectivity index (χ2v) is 7.07. The number of rotatable bonds is 18. The number of unbranched alkanes of at least 4 members (excludes halogenated alkanes) is 12. The van der Waals surface area contributed by atoms with Crippen LogP contribution in [0.5, 0.6) is 0 Å². The Labute approximate surface area is 180 Å². The number of hydrogen-bond acceptors (Lipinski definition) is 2. The van der Waals surface area contributed by atoms with E-state index in [2.05, 4.69) is 19.1 Å². The Hall–Kier alpha value is 0.170. The van der Waals surface area contributed by atoms with Crippen LogP contribution in [0.2, 0.25) is 0 Å². The van der Waals surface area contributed by atoms with Crippen molar-refractivity contribution in [2.75, 3.05) is 20.1 Å². The molecule has 0 amide bonds. The van der Waals surface area contributed by atoms with Crippen molar-refractivity contribution in [2.24, 2.45) is 0 Å². The molecule has 0 atom stereocenters. The zero-order valence-electron chi connectivity index (χ0n) is 18.3. The molecule has 0 unspecified atom stereocenters. The molecule has 0 saturated heterocycles. The number of likely N-dealkylation sites (N-methyl/N-ethyl adjacent to an activating group) is 1. The zero-order chi connectivity index (χ0) is 17.9. The Kier molecular flexibility index (Phi) is 24.3. The van der Waals surface area contributed by atoms with Gasteiger partial charge in [0.15, 0.2) is 0 Å². The van der Waals surface area contributed by atoms with Crippen LogP contribution in [0.4, 0.5) is 0 Å². The molecular formula is C21H42NNaO2. The van der Waals surface area contributed by atoms with Crippen LogP contribution in [0.1, 0.15) is 98.2 Å². The minimum atomic E-state index is -0.734. The maximum atomic E-state index is 10.5. The number of carboxylic acid groups (broad SMARTS) is 1. The topological polar surface area (TPSA) is 40.5 Å². The van der Waals surface area contributed by atoms with E-state index in [-0.39, 0.29) is 37.5 Å². The second-order valence-electron chi connectivity index (χ2n) is 7.07. The van der Waals surface area contributed by atoms with Gasteiger partial charge in [0.1, 0.15) is 0 Å². The van der Waals surface area contributed by atoms with Crippen LogP contribution in [-0.4, -0.2) is 36.1 Å². The summed E-state index contributed by atoms with van der Waals surface area (Å²) < 4.78 is 0. The Balaban J connectivity index is -0.00000264. The van der Waals surface area contributed by atoms with E-state index in [0.717, 1.165) is 13.0 Å². The standard InChI is InChI=1S/C21H41NO2.Na.H/c1-3-4-5-6-7-8-9-10-11-12-13-14-15-16-17-18-19-22(2)20-21(23)24;;/h10-11H,3-9,12-20H2,1-2H3,(H,23,24);;/q;+1;-1/b11-10-;;. The van der Waals surface area contributed by atoms with Gasteiger partial charge in [0.05, 0.1) is 6.54 Å². The molecule has 0 saturated carbocycles. The van der Waals surface area contributed by atoms with Crippen LogP contribution < -0.4 is 29.6 Å². The van der Waals surface area contributed by atoms with Crippen molar-refractivity contribution in [3.63, 3.8) is 0 Å². The molecule has 1 N–H and O–H groups in total. The molecule has 0 aliphatic heterocycles. The van der Waals surface area contributed by atoms with E-state index in [1.807, 2.05) is 11.9 Å². The Bertz CT molecular complexity index is 314. The number of carboxylic acids is 1. The van der Waals surface area contributed by atoms with Gasteiger partial charge in [-0.25, -0.2) is 0 Å². The molecule has 0 radical (unpaired) electrons. The maximum absolute atomic E-state index is 10.5. The van der Waals surface area contributed by atoms with Crippen LogP contribution in [0.15, 0.2) is 12.2 Å². The first-order valence-corrected chi connectivity index (χ1v) is 10.2. The van der Waals surface area contributed by atoms with E-state index in [0.29, 0.717) is 0 Å². The number of carbonyl (C=O) groups is 1. The molecule has 25 heavy (non-hydrogen) atoms. The van der Waals surface area contributed by atoms with Gasteiger partial charge in [0.25, 0.3) is 0 Å². The molecule has 0 aliphatic carbocycles. The van der Waals surface area contributed by atoms with Gasteiger partial charge >= 0.3 is 35.5 Å². The molecule has 0 aromatic carbocycles. The Morgan fingerprint density at radius 1 is 0.840 bits per heavy atom. The first-order chi connectivity index (χ1) is 11.7. The SMILES string of the molecule is CCCCCCCC/C=C\CCCCCCCCN(C)CC(=O)O.[H-].[Na+]. The molecule has 0 rings (SSSR count). The first-order valence-electron chi connectivity index (χ1n) is 10.2. The summed E-state index contributed by atoms with van der Waals surface area (Å²) in [6.07, 6.45) is 23.1. The molecular weight excluding hydrogens is 321 g/mol. The number of nitrogens with zero attached hydrogens (tertiary/aromatic N) is 1. The van der Waals surface area contributed by atoms with Gasteiger partial charge in [-0.1, -0.05) is 76.9 Å². The van der Waals surface area contributed by atoms with E-state index in [4.69, 9.17) is 5.11 Å². The third-order valence-electron chi connectivity index (χ3n) is 4.46. The molecule has 0 bridgehead atoms. The first kappa shape index (κ1) is 27.4. The van der Waals surface area contributed by atoms with Crippen LogP contribution in [0, 0.1) is 0 Å². The van der Waals surface area contributed by atoms with Gasteiger partial charge in [-0.05, 0) is 45.7 Å². The van der Waals surface area contributed by atoms with Gasteiger partial charge in [-0.3, -0.25) is 9.69 Å². The van der Waals surface area contributed by atoms with Crippen molar-refractivity contribution < 1.29 is 40.9 Å². The van der Waals surface area contributed by atoms with Crippen LogP contribution >= 0.6 is 0 Å². The minimum Gasteiger partial charge on any atom is -1.00 e. The van der Waals surface area contributed by atoms with Gasteiger partial charge in [0.2, 0.25) is 0 Å². The fourth-order valence-electron chi connectivity index (χ4n) is 2.94. The molecule has 4 heteroatoms. The molecule has 0 spiro atoms. The van der Waals surface area contributed by atoms with Crippen molar-refractivity contribution >= 4 is 5.97 Å². The number of allylic oxidation sites excluding steroid dienone is 2. The van der Waals surface area contributed by atoms with E-state index >= 15 is 0 Å². The van der Waals surface area contributed by atoms with Crippen molar-refractivity contribution in [1.29, 1.82) is 0 Å². The predicted molar refractivity (Wildman–Crippen MR) is 106 cm³/mol. The largest absolute Gasteiger partial charge is 1.00 e. The maximum Gasteiger partial charge on any atom is 1.00 e. The van der Waals surface area contributed by atoms with Gasteiger partial charge in [-0.2, -0.15) is 0 Å². The minimum absolute atomic E-state index is 0. The fourth-order valence-corrected chi connectivity index (χ4v) is 2.94. The quantitative estimate of drug-likeness (QED) is 0.231. The molecule has 0 aromatic rings. The summed E-state index contributed by atoms with van der Waals surface area (Å²) in [6.45, 7) is 3.32. The van der Waals surface area contributed by atoms with Crippen molar-refractivity contribution in [1.82, 2.24) is 4.90 Å². The summed E-state index contributed by atoms with van der Waals surface area (Å²) in [4.78, 5) is 12.4. The smallest absolute Gasteiger partial charge is 1.00 e. The van der Waals surface area contributed by atoms with Gasteiger partial charge in [-0.15, -0.1) is 0 Å². The van der Waals surface area contributed by atoms with Crippen molar-refractivity contribution in [2.45, 2.75) is 96.8 Å². The fraction of sp³-hybridized carbons (Fsp3) is 0.857. The van der Waals surface area contributed by atoms with E-state index in [9.17, 15) is 4.79 Å². The summed E-state index contributed by atoms with van der Waals surface area (Å²) in [5, 5.41) is 8.67. The molecule has 0 heterocycles. The van der Waals surface area contributed by atoms with Crippen LogP contribution in [0.25, 0.3) is 0 Å². The monoisotopic (exact) mass is 363 g/mol. The van der Waals surface area contributed by atoms with E-state index < -0.39 is 5.97 Å². The van der Waals surface area contributed by atoms with Gasteiger partial charge < -0.3 is 6.53 Å². The van der Waals surface area contributed by atoms with Crippen molar-refractivity contribution in [3.05, 3.63) is 12.2 Å². The van der Waals surface area contributed by atoms with E-state index in [1.165, 1.54) is 83.5 Å². The molecule has 0 fully saturated rings. The Morgan fingerprint density at radius 2 is 1.28 bits per heavy atom. The molecule has 0 aliphatic rings. The van der Waals surface area contributed by atoms with E-state index in [1.54, 1.807) is 0 Å². The summed E-state index contributed by atoms with van der Waals surface area (Å²) >= 11 is 0. The predicted octanol–water partition coefficient (Wildman–Crippen LogP) is 3.16. The summed E-state index contributed by atoms with van der Waals surface area (Å²) in [5.74, 6) is -0.734. The van der Waals surface area contributed by atoms with Crippen LogP contribution in [0.3, 0.4) is 0 Å². The Morgan fingerprint density at radius 3 is 1.76 bits per heavy atom. The normalized spacial score (nSPS) is 11.2. The third kappa shape index (κ3) is 24.2. The number of aliphatic carboxylic acids is 1. The van der Waals surface area contributed by atoms with Gasteiger partial charge in [0, 0.05) is 0 Å². The zero-order valence-corrected chi connectivity index (χ0v) is 19.3. The molecule has 144 valence electrons. The number of hydrogen-bond donors (Lipinski definition) is 1. The van der Waals surface area contributed by atoms with Crippen LogP contribution in [-0.2, 0) is 4.79 Å². The summed E-state index contributed by atoms with van der Waals surface area (Å²) in [7, 11) is 1.88. The summed E-state index contributed by atoms with van der Waals surface area (Å²) in [5.41, 5.74) is 0. The molecule has 0 aromatic heterocycles. The summed E-state index contributed by atoms with van der Waals surface area (Å²) in [6, 6.07) is 0. The van der Waals surface area contributed by atoms with Crippen molar-refractivity contribution in [3.8, 4) is 0 Å². The average molecular weight is 364 g/mol. The molecule has 3 nitrogen and oxygen atoms in total. The second kappa shape index (κ2) is 22.2.